The van der Waals surface area contributed by atoms with E-state index in [-0.39, 0.29) is 24.3 Å². The van der Waals surface area contributed by atoms with Crippen LogP contribution in [-0.2, 0) is 12.7 Å². The van der Waals surface area contributed by atoms with E-state index in [1.165, 1.54) is 23.6 Å². The fourth-order valence-electron chi connectivity index (χ4n) is 3.52. The summed E-state index contributed by atoms with van der Waals surface area (Å²) >= 11 is 1.47. The predicted octanol–water partition coefficient (Wildman–Crippen LogP) is 4.02. The highest BCUT2D eigenvalue weighted by atomic mass is 32.1. The first-order valence-corrected chi connectivity index (χ1v) is 10.4. The van der Waals surface area contributed by atoms with Gasteiger partial charge in [0.15, 0.2) is 0 Å². The molecule has 1 saturated heterocycles. The number of nitrogens with zero attached hydrogens (tertiary/aromatic N) is 4. The van der Waals surface area contributed by atoms with Crippen molar-refractivity contribution in [2.24, 2.45) is 0 Å². The molecule has 0 aliphatic carbocycles. The van der Waals surface area contributed by atoms with Crippen LogP contribution in [0.25, 0.3) is 10.7 Å². The summed E-state index contributed by atoms with van der Waals surface area (Å²) < 4.78 is 38.9. The number of aromatic nitrogens is 3. The van der Waals surface area contributed by atoms with Crippen molar-refractivity contribution in [2.75, 3.05) is 18.5 Å². The zero-order chi connectivity index (χ0) is 22.0. The summed E-state index contributed by atoms with van der Waals surface area (Å²) in [5, 5.41) is 22.5. The molecule has 2 aromatic heterocycles. The molecule has 4 rings (SSSR count). The molecule has 3 N–H and O–H groups in total. The van der Waals surface area contributed by atoms with Gasteiger partial charge in [0.2, 0.25) is 5.95 Å². The number of nitrogens with one attached hydrogen (secondary N) is 1. The Morgan fingerprint density at radius 3 is 2.84 bits per heavy atom. The maximum atomic E-state index is 13.0. The van der Waals surface area contributed by atoms with Crippen LogP contribution in [0.4, 0.5) is 24.8 Å². The lowest BCUT2D eigenvalue weighted by atomic mass is 10.2. The molecule has 164 valence electrons. The maximum absolute atomic E-state index is 13.0. The number of aromatic hydroxyl groups is 1. The third kappa shape index (κ3) is 5.12. The largest absolute Gasteiger partial charge is 0.508 e. The van der Waals surface area contributed by atoms with E-state index < -0.39 is 17.5 Å². The summed E-state index contributed by atoms with van der Waals surface area (Å²) in [5.74, 6) is -0.422. The Morgan fingerprint density at radius 2 is 2.06 bits per heavy atom. The van der Waals surface area contributed by atoms with Crippen LogP contribution in [0.3, 0.4) is 0 Å². The summed E-state index contributed by atoms with van der Waals surface area (Å²) in [5.41, 5.74) is -0.419. The number of likely N-dealkylation sites (tertiary alicyclic amines) is 1. The number of alkyl halides is 3. The Balaban J connectivity index is 1.51. The Labute approximate surface area is 180 Å². The first-order valence-electron chi connectivity index (χ1n) is 9.63. The van der Waals surface area contributed by atoms with E-state index in [1.54, 1.807) is 12.3 Å². The van der Waals surface area contributed by atoms with Crippen molar-refractivity contribution in [3.63, 3.8) is 0 Å². The van der Waals surface area contributed by atoms with Gasteiger partial charge in [0.25, 0.3) is 0 Å². The topological polar surface area (TPSA) is 94.4 Å². The Hall–Kier alpha value is -2.76. The third-order valence-electron chi connectivity index (χ3n) is 5.00. The van der Waals surface area contributed by atoms with Gasteiger partial charge in [0.05, 0.1) is 12.2 Å². The summed E-state index contributed by atoms with van der Waals surface area (Å²) in [6.45, 7) is 1.77. The second-order valence-electron chi connectivity index (χ2n) is 7.24. The second kappa shape index (κ2) is 8.77. The first-order chi connectivity index (χ1) is 14.8. The monoisotopic (exact) mass is 451 g/mol. The van der Waals surface area contributed by atoms with Gasteiger partial charge in [-0.25, -0.2) is 15.0 Å². The highest BCUT2D eigenvalue weighted by molar-refractivity contribution is 7.14. The molecule has 1 fully saturated rings. The van der Waals surface area contributed by atoms with Gasteiger partial charge in [-0.1, -0.05) is 0 Å². The van der Waals surface area contributed by atoms with Crippen molar-refractivity contribution in [1.82, 2.24) is 19.9 Å². The molecule has 3 aromatic rings. The lowest BCUT2D eigenvalue weighted by molar-refractivity contribution is -0.137. The van der Waals surface area contributed by atoms with Crippen LogP contribution < -0.4 is 5.32 Å². The fraction of sp³-hybridized carbons (Fsp3) is 0.350. The fourth-order valence-corrected chi connectivity index (χ4v) is 4.43. The molecule has 11 heteroatoms. The van der Waals surface area contributed by atoms with E-state index in [4.69, 9.17) is 0 Å². The van der Waals surface area contributed by atoms with Gasteiger partial charge in [-0.3, -0.25) is 4.90 Å². The van der Waals surface area contributed by atoms with Crippen molar-refractivity contribution in [2.45, 2.75) is 31.6 Å². The Bertz CT molecular complexity index is 1060. The van der Waals surface area contributed by atoms with Crippen molar-refractivity contribution < 1.29 is 23.4 Å². The standard InChI is InChI=1S/C20H20F3N5O2S/c21-20(22,23)12-6-13(8-15(30)7-12)26-19-24-4-3-17(27-19)18-25-9-16(31-18)10-28-5-1-2-14(28)11-29/h3-4,6-9,14,29-30H,1-2,5,10-11H2,(H,24,26,27)/t14-/m0/s1. The number of anilines is 2. The smallest absolute Gasteiger partial charge is 0.416 e. The molecule has 7 nitrogen and oxygen atoms in total. The minimum atomic E-state index is -4.58. The molecule has 31 heavy (non-hydrogen) atoms. The normalized spacial score (nSPS) is 17.2. The van der Waals surface area contributed by atoms with E-state index in [0.717, 1.165) is 30.3 Å². The molecule has 0 radical (unpaired) electrons. The number of hydrogen-bond acceptors (Lipinski definition) is 8. The van der Waals surface area contributed by atoms with Crippen molar-refractivity contribution >= 4 is 23.0 Å². The zero-order valence-electron chi connectivity index (χ0n) is 16.3. The van der Waals surface area contributed by atoms with E-state index in [2.05, 4.69) is 25.2 Å². The number of benzene rings is 1. The lowest BCUT2D eigenvalue weighted by Gasteiger charge is -2.21. The molecule has 1 aliphatic heterocycles. The molecule has 0 saturated carbocycles. The summed E-state index contributed by atoms with van der Waals surface area (Å²) in [7, 11) is 0. The van der Waals surface area contributed by atoms with Gasteiger partial charge in [-0.15, -0.1) is 11.3 Å². The van der Waals surface area contributed by atoms with Crippen LogP contribution in [-0.4, -0.2) is 49.3 Å². The number of aliphatic hydroxyl groups is 1. The van der Waals surface area contributed by atoms with E-state index in [0.29, 0.717) is 23.3 Å². The minimum Gasteiger partial charge on any atom is -0.508 e. The first kappa shape index (κ1) is 21.5. The van der Waals surface area contributed by atoms with Crippen molar-refractivity contribution in [3.8, 4) is 16.5 Å². The molecule has 1 aromatic carbocycles. The van der Waals surface area contributed by atoms with Gasteiger partial charge < -0.3 is 15.5 Å². The summed E-state index contributed by atoms with van der Waals surface area (Å²) in [6.07, 6.45) is 0.713. The van der Waals surface area contributed by atoms with Gasteiger partial charge in [0, 0.05) is 41.6 Å². The van der Waals surface area contributed by atoms with Gasteiger partial charge in [-0.05, 0) is 37.6 Å². The molecule has 0 spiro atoms. The average Bonchev–Trinajstić information content (AvgIpc) is 3.37. The molecule has 1 atom stereocenters. The minimum absolute atomic E-state index is 0.0216. The van der Waals surface area contributed by atoms with Crippen molar-refractivity contribution in [3.05, 3.63) is 47.1 Å². The molecule has 3 heterocycles. The molecule has 0 unspecified atom stereocenters. The SMILES string of the molecule is OC[C@@H]1CCCN1Cc1cnc(-c2ccnc(Nc3cc(O)cc(C(F)(F)F)c3)n2)s1. The number of phenolic OH excluding ortho intramolecular Hbond substituents is 1. The third-order valence-corrected chi connectivity index (χ3v) is 6.00. The molecule has 0 bridgehead atoms. The zero-order valence-corrected chi connectivity index (χ0v) is 17.1. The van der Waals surface area contributed by atoms with Crippen LogP contribution in [0.5, 0.6) is 5.75 Å². The number of hydrogen-bond donors (Lipinski definition) is 3. The van der Waals surface area contributed by atoms with Crippen LogP contribution in [0.15, 0.2) is 36.7 Å². The van der Waals surface area contributed by atoms with Crippen LogP contribution in [0, 0.1) is 0 Å². The van der Waals surface area contributed by atoms with Gasteiger partial charge in [0.1, 0.15) is 16.5 Å². The Morgan fingerprint density at radius 1 is 1.23 bits per heavy atom. The predicted molar refractivity (Wildman–Crippen MR) is 110 cm³/mol. The molecule has 0 amide bonds. The summed E-state index contributed by atoms with van der Waals surface area (Å²) in [6, 6.07) is 4.54. The highest BCUT2D eigenvalue weighted by Crippen LogP contribution is 2.34. The highest BCUT2D eigenvalue weighted by Gasteiger charge is 2.31. The number of phenols is 1. The summed E-state index contributed by atoms with van der Waals surface area (Å²) in [4.78, 5) is 16.1. The van der Waals surface area contributed by atoms with E-state index in [9.17, 15) is 23.4 Å². The number of aliphatic hydroxyl groups excluding tert-OH is 1. The number of thiazole rings is 1. The second-order valence-corrected chi connectivity index (χ2v) is 8.35. The maximum Gasteiger partial charge on any atom is 0.416 e. The van der Waals surface area contributed by atoms with Crippen LogP contribution in [0.2, 0.25) is 0 Å². The number of rotatable bonds is 6. The average molecular weight is 451 g/mol. The lowest BCUT2D eigenvalue weighted by Crippen LogP contribution is -2.31. The van der Waals surface area contributed by atoms with E-state index in [1.807, 2.05) is 0 Å². The molecular formula is C20H20F3N5O2S. The van der Waals surface area contributed by atoms with Gasteiger partial charge in [-0.2, -0.15) is 13.2 Å². The van der Waals surface area contributed by atoms with Crippen LogP contribution >= 0.6 is 11.3 Å². The van der Waals surface area contributed by atoms with E-state index >= 15 is 0 Å². The van der Waals surface area contributed by atoms with Gasteiger partial charge >= 0.3 is 6.18 Å². The Kier molecular flexibility index (Phi) is 6.08. The molecular weight excluding hydrogens is 431 g/mol. The van der Waals surface area contributed by atoms with Crippen LogP contribution in [0.1, 0.15) is 23.3 Å². The molecule has 1 aliphatic rings. The quantitative estimate of drug-likeness (QED) is 0.521. The van der Waals surface area contributed by atoms with Crippen molar-refractivity contribution in [1.29, 1.82) is 0 Å². The number of halogens is 3.